The largest absolute Gasteiger partial charge is 0.477 e. The molecule has 0 atom stereocenters. The van der Waals surface area contributed by atoms with Gasteiger partial charge < -0.3 is 9.67 Å². The Morgan fingerprint density at radius 3 is 2.42 bits per heavy atom. The van der Waals surface area contributed by atoms with Crippen LogP contribution in [0.3, 0.4) is 0 Å². The number of carboxylic acid groups (broad SMARTS) is 1. The molecule has 0 radical (unpaired) electrons. The second-order valence-electron chi connectivity index (χ2n) is 7.79. The van der Waals surface area contributed by atoms with Crippen LogP contribution in [-0.2, 0) is 19.3 Å². The van der Waals surface area contributed by atoms with Crippen molar-refractivity contribution < 1.29 is 23.1 Å². The second kappa shape index (κ2) is 8.53. The zero-order valence-electron chi connectivity index (χ0n) is 17.3. The van der Waals surface area contributed by atoms with Gasteiger partial charge in [-0.1, -0.05) is 29.3 Å². The van der Waals surface area contributed by atoms with Crippen molar-refractivity contribution in [2.75, 3.05) is 0 Å². The molecule has 2 heterocycles. The molecule has 0 saturated heterocycles. The number of carbonyl (C=O) groups is 1. The van der Waals surface area contributed by atoms with Crippen LogP contribution in [0.25, 0.3) is 11.3 Å². The summed E-state index contributed by atoms with van der Waals surface area (Å²) in [5.41, 5.74) is -1.01. The van der Waals surface area contributed by atoms with Gasteiger partial charge in [-0.3, -0.25) is 9.48 Å². The molecule has 1 aliphatic rings. The van der Waals surface area contributed by atoms with Crippen LogP contribution in [-0.4, -0.2) is 25.4 Å². The normalized spacial score (nSPS) is 14.0. The highest BCUT2D eigenvalue weighted by Crippen LogP contribution is 2.42. The number of hydrogen-bond acceptors (Lipinski definition) is 3. The first kappa shape index (κ1) is 23.4. The zero-order valence-corrected chi connectivity index (χ0v) is 18.8. The molecule has 1 saturated carbocycles. The minimum absolute atomic E-state index is 0.0248. The number of hydrogen-bond donors (Lipinski definition) is 1. The van der Waals surface area contributed by atoms with Gasteiger partial charge in [0, 0.05) is 35.5 Å². The highest BCUT2D eigenvalue weighted by molar-refractivity contribution is 6.42. The zero-order chi connectivity index (χ0) is 24.1. The molecule has 33 heavy (non-hydrogen) atoms. The Labute approximate surface area is 196 Å². The van der Waals surface area contributed by atoms with Gasteiger partial charge in [-0.15, -0.1) is 0 Å². The quantitative estimate of drug-likeness (QED) is 0.473. The number of rotatable bonds is 6. The van der Waals surface area contributed by atoms with E-state index in [0.717, 1.165) is 25.0 Å². The maximum absolute atomic E-state index is 13.3. The predicted molar refractivity (Wildman–Crippen MR) is 117 cm³/mol. The highest BCUT2D eigenvalue weighted by atomic mass is 35.5. The van der Waals surface area contributed by atoms with Gasteiger partial charge in [-0.05, 0) is 38.0 Å². The third-order valence-corrected chi connectivity index (χ3v) is 6.27. The molecule has 3 aromatic rings. The van der Waals surface area contributed by atoms with E-state index in [0.29, 0.717) is 17.0 Å². The number of alkyl halides is 3. The minimum atomic E-state index is -4.60. The third-order valence-electron chi connectivity index (χ3n) is 5.53. The lowest BCUT2D eigenvalue weighted by Crippen LogP contribution is -2.25. The number of nitrogens with zero attached hydrogens (tertiary/aromatic N) is 3. The van der Waals surface area contributed by atoms with Crippen LogP contribution < -0.4 is 5.43 Å². The molecule has 11 heteroatoms. The van der Waals surface area contributed by atoms with E-state index >= 15 is 0 Å². The fraction of sp³-hybridized carbons (Fsp3) is 0.318. The Morgan fingerprint density at radius 2 is 1.88 bits per heavy atom. The van der Waals surface area contributed by atoms with Gasteiger partial charge in [0.2, 0.25) is 0 Å². The lowest BCUT2D eigenvalue weighted by Gasteiger charge is -2.20. The summed E-state index contributed by atoms with van der Waals surface area (Å²) in [6, 6.07) is 6.65. The molecule has 0 spiro atoms. The summed E-state index contributed by atoms with van der Waals surface area (Å²) in [6.07, 6.45) is -3.08. The van der Waals surface area contributed by atoms with Crippen LogP contribution in [0.1, 0.15) is 53.1 Å². The third kappa shape index (κ3) is 4.52. The standard InChI is InChI=1S/C22H18Cl2F3N3O3/c1-2-29-13(10-30-16(11-3-4-11)9-18(28-30)22(25,26)27)8-17(31)19(21(32)33)20(29)12-5-6-14(23)15(24)7-12/h5-9,11H,2-4,10H2,1H3,(H,32,33). The summed E-state index contributed by atoms with van der Waals surface area (Å²) in [5, 5.41) is 13.9. The van der Waals surface area contributed by atoms with E-state index < -0.39 is 28.8 Å². The van der Waals surface area contributed by atoms with Crippen LogP contribution in [0.15, 0.2) is 35.1 Å². The average Bonchev–Trinajstić information content (AvgIpc) is 3.48. The molecular weight excluding hydrogens is 482 g/mol. The fourth-order valence-electron chi connectivity index (χ4n) is 3.90. The van der Waals surface area contributed by atoms with Crippen LogP contribution in [0.2, 0.25) is 10.0 Å². The van der Waals surface area contributed by atoms with Crippen molar-refractivity contribution in [2.24, 2.45) is 0 Å². The minimum Gasteiger partial charge on any atom is -0.477 e. The van der Waals surface area contributed by atoms with Crippen molar-refractivity contribution in [3.63, 3.8) is 0 Å². The number of halogens is 5. The molecular formula is C22H18Cl2F3N3O3. The Hall–Kier alpha value is -2.78. The summed E-state index contributed by atoms with van der Waals surface area (Å²) in [7, 11) is 0. The second-order valence-corrected chi connectivity index (χ2v) is 8.60. The van der Waals surface area contributed by atoms with Crippen molar-refractivity contribution >= 4 is 29.2 Å². The van der Waals surface area contributed by atoms with Gasteiger partial charge in [-0.25, -0.2) is 4.79 Å². The molecule has 0 aliphatic heterocycles. The van der Waals surface area contributed by atoms with Gasteiger partial charge in [0.05, 0.1) is 22.3 Å². The van der Waals surface area contributed by atoms with Crippen LogP contribution in [0, 0.1) is 0 Å². The number of aromatic carboxylic acids is 1. The van der Waals surface area contributed by atoms with E-state index in [1.807, 2.05) is 0 Å². The highest BCUT2D eigenvalue weighted by Gasteiger charge is 2.38. The lowest BCUT2D eigenvalue weighted by atomic mass is 10.0. The first-order chi connectivity index (χ1) is 15.5. The fourth-order valence-corrected chi connectivity index (χ4v) is 4.19. The van der Waals surface area contributed by atoms with Crippen molar-refractivity contribution in [1.82, 2.24) is 14.3 Å². The number of benzene rings is 1. The summed E-state index contributed by atoms with van der Waals surface area (Å²) >= 11 is 12.1. The first-order valence-corrected chi connectivity index (χ1v) is 10.9. The molecule has 1 aliphatic carbocycles. The first-order valence-electron chi connectivity index (χ1n) is 10.1. The van der Waals surface area contributed by atoms with E-state index in [9.17, 15) is 27.9 Å². The van der Waals surface area contributed by atoms with E-state index in [4.69, 9.17) is 23.2 Å². The van der Waals surface area contributed by atoms with Crippen LogP contribution in [0.5, 0.6) is 0 Å². The van der Waals surface area contributed by atoms with Gasteiger partial charge in [-0.2, -0.15) is 18.3 Å². The average molecular weight is 500 g/mol. The lowest BCUT2D eigenvalue weighted by molar-refractivity contribution is -0.141. The van der Waals surface area contributed by atoms with Crippen LogP contribution >= 0.6 is 23.2 Å². The molecule has 0 bridgehead atoms. The summed E-state index contributed by atoms with van der Waals surface area (Å²) in [6.45, 7) is 1.86. The Kier molecular flexibility index (Phi) is 6.05. The molecule has 0 unspecified atom stereocenters. The van der Waals surface area contributed by atoms with Gasteiger partial charge >= 0.3 is 12.1 Å². The van der Waals surface area contributed by atoms with Gasteiger partial charge in [0.25, 0.3) is 0 Å². The predicted octanol–water partition coefficient (Wildman–Crippen LogP) is 5.68. The van der Waals surface area contributed by atoms with Crippen molar-refractivity contribution in [2.45, 2.75) is 44.9 Å². The molecule has 174 valence electrons. The van der Waals surface area contributed by atoms with E-state index in [1.165, 1.54) is 22.9 Å². The van der Waals surface area contributed by atoms with Crippen molar-refractivity contribution in [3.8, 4) is 11.3 Å². The molecule has 6 nitrogen and oxygen atoms in total. The van der Waals surface area contributed by atoms with Gasteiger partial charge in [0.15, 0.2) is 11.1 Å². The molecule has 1 aromatic carbocycles. The summed E-state index contributed by atoms with van der Waals surface area (Å²) in [4.78, 5) is 24.8. The number of pyridine rings is 1. The Bertz CT molecular complexity index is 1310. The monoisotopic (exact) mass is 499 g/mol. The topological polar surface area (TPSA) is 77.1 Å². The van der Waals surface area contributed by atoms with E-state index in [-0.39, 0.29) is 34.7 Å². The Morgan fingerprint density at radius 1 is 1.18 bits per heavy atom. The molecule has 1 N–H and O–H groups in total. The molecule has 0 amide bonds. The molecule has 4 rings (SSSR count). The number of carboxylic acids is 1. The van der Waals surface area contributed by atoms with Gasteiger partial charge in [0.1, 0.15) is 5.56 Å². The maximum Gasteiger partial charge on any atom is 0.435 e. The van der Waals surface area contributed by atoms with E-state index in [2.05, 4.69) is 5.10 Å². The smallest absolute Gasteiger partial charge is 0.435 e. The maximum atomic E-state index is 13.3. The van der Waals surface area contributed by atoms with Crippen molar-refractivity contribution in [1.29, 1.82) is 0 Å². The SMILES string of the molecule is CCn1c(Cn2nc(C(F)(F)F)cc2C2CC2)cc(=O)c(C(=O)O)c1-c1ccc(Cl)c(Cl)c1. The molecule has 2 aromatic heterocycles. The Balaban J connectivity index is 1.91. The summed E-state index contributed by atoms with van der Waals surface area (Å²) in [5.74, 6) is -1.45. The number of aromatic nitrogens is 3. The summed E-state index contributed by atoms with van der Waals surface area (Å²) < 4.78 is 42.7. The van der Waals surface area contributed by atoms with Crippen molar-refractivity contribution in [3.05, 3.63) is 73.2 Å². The van der Waals surface area contributed by atoms with Crippen LogP contribution in [0.4, 0.5) is 13.2 Å². The molecule has 1 fully saturated rings. The van der Waals surface area contributed by atoms with E-state index in [1.54, 1.807) is 11.5 Å².